The summed E-state index contributed by atoms with van der Waals surface area (Å²) in [5, 5.41) is 0. The lowest BCUT2D eigenvalue weighted by Crippen LogP contribution is -2.22. The highest BCUT2D eigenvalue weighted by atomic mass is 32.1. The Hall–Kier alpha value is -2.66. The molecule has 0 spiro atoms. The summed E-state index contributed by atoms with van der Waals surface area (Å²) in [5.74, 6) is 1.63. The lowest BCUT2D eigenvalue weighted by Gasteiger charge is -2.04. The smallest absolute Gasteiger partial charge is 0.274 e. The zero-order chi connectivity index (χ0) is 16.8. The van der Waals surface area contributed by atoms with Gasteiger partial charge < -0.3 is 4.74 Å². The number of benzene rings is 2. The van der Waals surface area contributed by atoms with Crippen LogP contribution in [0.2, 0.25) is 0 Å². The summed E-state index contributed by atoms with van der Waals surface area (Å²) in [4.78, 5) is 18.0. The van der Waals surface area contributed by atoms with Gasteiger partial charge in [-0.05, 0) is 54.7 Å². The van der Waals surface area contributed by atoms with Gasteiger partial charge in [0, 0.05) is 0 Å². The maximum Gasteiger partial charge on any atom is 0.274 e. The summed E-state index contributed by atoms with van der Waals surface area (Å²) < 4.78 is 8.14. The Labute approximate surface area is 148 Å². The molecule has 0 amide bonds. The van der Waals surface area contributed by atoms with Crippen LogP contribution in [0.4, 0.5) is 0 Å². The van der Waals surface area contributed by atoms with Gasteiger partial charge in [0.2, 0.25) is 0 Å². The molecule has 0 aliphatic heterocycles. The fourth-order valence-corrected chi connectivity index (χ4v) is 3.91. The third-order valence-corrected chi connectivity index (χ3v) is 5.47. The molecule has 124 valence electrons. The van der Waals surface area contributed by atoms with Gasteiger partial charge in [-0.25, -0.2) is 9.38 Å². The molecular formula is C20H16N2O2S. The second kappa shape index (κ2) is 5.70. The van der Waals surface area contributed by atoms with Crippen LogP contribution in [0, 0.1) is 5.92 Å². The van der Waals surface area contributed by atoms with Gasteiger partial charge in [0.1, 0.15) is 5.75 Å². The summed E-state index contributed by atoms with van der Waals surface area (Å²) in [7, 11) is 0. The van der Waals surface area contributed by atoms with E-state index in [1.54, 1.807) is 4.40 Å². The van der Waals surface area contributed by atoms with Crippen molar-refractivity contribution in [3.8, 4) is 5.75 Å². The Morgan fingerprint density at radius 1 is 1.16 bits per heavy atom. The van der Waals surface area contributed by atoms with Crippen molar-refractivity contribution < 1.29 is 4.74 Å². The van der Waals surface area contributed by atoms with Crippen molar-refractivity contribution in [1.29, 1.82) is 0 Å². The van der Waals surface area contributed by atoms with Gasteiger partial charge in [0.05, 0.1) is 22.2 Å². The molecule has 5 heteroatoms. The average molecular weight is 348 g/mol. The molecule has 0 unspecified atom stereocenters. The molecule has 1 fully saturated rings. The summed E-state index contributed by atoms with van der Waals surface area (Å²) in [6.45, 7) is 0.808. The summed E-state index contributed by atoms with van der Waals surface area (Å²) in [6, 6.07) is 15.6. The lowest BCUT2D eigenvalue weighted by atomic mass is 10.2. The molecule has 1 saturated carbocycles. The second-order valence-corrected chi connectivity index (χ2v) is 7.47. The van der Waals surface area contributed by atoms with Gasteiger partial charge in [-0.15, -0.1) is 0 Å². The summed E-state index contributed by atoms with van der Waals surface area (Å²) in [5.41, 5.74) is 2.70. The summed E-state index contributed by atoms with van der Waals surface area (Å²) in [6.07, 6.45) is 4.49. The molecule has 2 aromatic heterocycles. The van der Waals surface area contributed by atoms with E-state index in [0.717, 1.165) is 39.8 Å². The fourth-order valence-electron chi connectivity index (χ4n) is 2.92. The van der Waals surface area contributed by atoms with E-state index < -0.39 is 0 Å². The standard InChI is InChI=1S/C20H16N2O2S/c23-19-18(25-20-21-16-3-1-2-4-17(16)22(19)20)11-13-7-9-15(10-8-13)24-12-14-5-6-14/h1-4,7-11,14H,5-6,12H2/b18-11-. The molecule has 2 heterocycles. The van der Waals surface area contributed by atoms with E-state index in [4.69, 9.17) is 4.74 Å². The first-order valence-corrected chi connectivity index (χ1v) is 9.24. The van der Waals surface area contributed by atoms with E-state index in [9.17, 15) is 4.79 Å². The number of hydrogen-bond donors (Lipinski definition) is 0. The quantitative estimate of drug-likeness (QED) is 0.569. The predicted molar refractivity (Wildman–Crippen MR) is 100 cm³/mol. The number of thiazole rings is 1. The maximum absolute atomic E-state index is 12.7. The summed E-state index contributed by atoms with van der Waals surface area (Å²) >= 11 is 1.42. The monoisotopic (exact) mass is 348 g/mol. The lowest BCUT2D eigenvalue weighted by molar-refractivity contribution is 0.300. The number of fused-ring (bicyclic) bond motifs is 3. The van der Waals surface area contributed by atoms with E-state index >= 15 is 0 Å². The minimum absolute atomic E-state index is 0.0113. The predicted octanol–water partition coefficient (Wildman–Crippen LogP) is 3.25. The van der Waals surface area contributed by atoms with Crippen LogP contribution in [0.15, 0.2) is 53.3 Å². The fraction of sp³-hybridized carbons (Fsp3) is 0.200. The third kappa shape index (κ3) is 2.70. The molecule has 0 bridgehead atoms. The number of imidazole rings is 1. The van der Waals surface area contributed by atoms with Crippen molar-refractivity contribution >= 4 is 33.4 Å². The van der Waals surface area contributed by atoms with Gasteiger partial charge >= 0.3 is 0 Å². The molecular weight excluding hydrogens is 332 g/mol. The Kier molecular flexibility index (Phi) is 3.35. The molecule has 1 aliphatic carbocycles. The van der Waals surface area contributed by atoms with E-state index in [1.165, 1.54) is 24.2 Å². The average Bonchev–Trinajstić information content (AvgIpc) is 3.32. The largest absolute Gasteiger partial charge is 0.493 e. The molecule has 0 atom stereocenters. The van der Waals surface area contributed by atoms with Crippen molar-refractivity contribution in [3.05, 3.63) is 69.0 Å². The van der Waals surface area contributed by atoms with Crippen molar-refractivity contribution in [2.45, 2.75) is 12.8 Å². The SMILES string of the molecule is O=c1/c(=C/c2ccc(OCC3CC3)cc2)sc2nc3ccccc3n12. The molecule has 4 aromatic rings. The van der Waals surface area contributed by atoms with Crippen LogP contribution in [-0.2, 0) is 0 Å². The normalized spacial score (nSPS) is 15.3. The van der Waals surface area contributed by atoms with Crippen LogP contribution < -0.4 is 14.8 Å². The van der Waals surface area contributed by atoms with Crippen molar-refractivity contribution in [2.75, 3.05) is 6.61 Å². The van der Waals surface area contributed by atoms with Crippen LogP contribution in [0.5, 0.6) is 5.75 Å². The highest BCUT2D eigenvalue weighted by Crippen LogP contribution is 2.29. The molecule has 25 heavy (non-hydrogen) atoms. The highest BCUT2D eigenvalue weighted by Gasteiger charge is 2.21. The van der Waals surface area contributed by atoms with Crippen molar-refractivity contribution in [3.63, 3.8) is 0 Å². The third-order valence-electron chi connectivity index (χ3n) is 4.51. The molecule has 0 radical (unpaired) electrons. The van der Waals surface area contributed by atoms with E-state index in [0.29, 0.717) is 4.53 Å². The zero-order valence-electron chi connectivity index (χ0n) is 13.5. The molecule has 5 rings (SSSR count). The van der Waals surface area contributed by atoms with Crippen LogP contribution >= 0.6 is 11.3 Å². The van der Waals surface area contributed by atoms with Crippen molar-refractivity contribution in [2.24, 2.45) is 5.92 Å². The molecule has 1 aliphatic rings. The number of hydrogen-bond acceptors (Lipinski definition) is 4. The molecule has 0 N–H and O–H groups in total. The van der Waals surface area contributed by atoms with Gasteiger partial charge in [-0.3, -0.25) is 4.79 Å². The van der Waals surface area contributed by atoms with Crippen LogP contribution in [0.1, 0.15) is 18.4 Å². The van der Waals surface area contributed by atoms with Gasteiger partial charge in [-0.1, -0.05) is 35.6 Å². The molecule has 2 aromatic carbocycles. The molecule has 0 saturated heterocycles. The second-order valence-electron chi connectivity index (χ2n) is 6.46. The van der Waals surface area contributed by atoms with Gasteiger partial charge in [0.25, 0.3) is 5.56 Å². The Balaban J connectivity index is 1.51. The van der Waals surface area contributed by atoms with Gasteiger partial charge in [-0.2, -0.15) is 0 Å². The first kappa shape index (κ1) is 14.7. The number of ether oxygens (including phenoxy) is 1. The van der Waals surface area contributed by atoms with Crippen LogP contribution in [0.25, 0.3) is 22.1 Å². The Morgan fingerprint density at radius 2 is 1.96 bits per heavy atom. The first-order chi connectivity index (χ1) is 12.3. The number of para-hydroxylation sites is 2. The number of aromatic nitrogens is 2. The molecule has 4 nitrogen and oxygen atoms in total. The zero-order valence-corrected chi connectivity index (χ0v) is 14.3. The first-order valence-electron chi connectivity index (χ1n) is 8.42. The minimum atomic E-state index is -0.0113. The maximum atomic E-state index is 12.7. The highest BCUT2D eigenvalue weighted by molar-refractivity contribution is 7.15. The number of rotatable bonds is 4. The van der Waals surface area contributed by atoms with Gasteiger partial charge in [0.15, 0.2) is 4.96 Å². The Morgan fingerprint density at radius 3 is 2.76 bits per heavy atom. The Bertz CT molecular complexity index is 1170. The van der Waals surface area contributed by atoms with Crippen molar-refractivity contribution in [1.82, 2.24) is 9.38 Å². The minimum Gasteiger partial charge on any atom is -0.493 e. The van der Waals surface area contributed by atoms with E-state index in [1.807, 2.05) is 54.6 Å². The topological polar surface area (TPSA) is 43.6 Å². The van der Waals surface area contributed by atoms with Crippen LogP contribution in [0.3, 0.4) is 0 Å². The van der Waals surface area contributed by atoms with E-state index in [-0.39, 0.29) is 5.56 Å². The van der Waals surface area contributed by atoms with Crippen LogP contribution in [-0.4, -0.2) is 16.0 Å². The van der Waals surface area contributed by atoms with E-state index in [2.05, 4.69) is 4.98 Å². The number of nitrogens with zero attached hydrogens (tertiary/aromatic N) is 2.